The van der Waals surface area contributed by atoms with Crippen molar-refractivity contribution in [3.05, 3.63) is 48.0 Å². The molecule has 3 aromatic rings. The predicted molar refractivity (Wildman–Crippen MR) is 83.9 cm³/mol. The number of hydrogen-bond acceptors (Lipinski definition) is 4. The minimum atomic E-state index is -0.758. The lowest BCUT2D eigenvalue weighted by molar-refractivity contribution is 0.118. The van der Waals surface area contributed by atoms with Crippen LogP contribution in [0.25, 0.3) is 22.0 Å². The molecule has 0 amide bonds. The Hall–Kier alpha value is -2.82. The van der Waals surface area contributed by atoms with Gasteiger partial charge in [-0.2, -0.15) is 5.10 Å². The van der Waals surface area contributed by atoms with Gasteiger partial charge in [-0.3, -0.25) is 0 Å². The summed E-state index contributed by atoms with van der Waals surface area (Å²) in [5, 5.41) is 5.26. The monoisotopic (exact) mass is 296 g/mol. The van der Waals surface area contributed by atoms with Gasteiger partial charge >= 0.3 is 6.16 Å². The normalized spacial score (nSPS) is 10.7. The van der Waals surface area contributed by atoms with Crippen LogP contribution in [0.3, 0.4) is 0 Å². The summed E-state index contributed by atoms with van der Waals surface area (Å²) in [6, 6.07) is 14.0. The van der Waals surface area contributed by atoms with Crippen LogP contribution in [-0.4, -0.2) is 23.0 Å². The van der Waals surface area contributed by atoms with Crippen LogP contribution in [0.15, 0.2) is 42.5 Å². The van der Waals surface area contributed by atoms with Gasteiger partial charge in [-0.15, -0.1) is 0 Å². The molecule has 0 atom stereocenters. The first-order valence-corrected chi connectivity index (χ1v) is 6.88. The van der Waals surface area contributed by atoms with Crippen LogP contribution in [0.2, 0.25) is 0 Å². The van der Waals surface area contributed by atoms with E-state index in [1.54, 1.807) is 11.7 Å². The second kappa shape index (κ2) is 5.52. The van der Waals surface area contributed by atoms with E-state index in [2.05, 4.69) is 15.9 Å². The van der Waals surface area contributed by atoms with Gasteiger partial charge in [0, 0.05) is 12.6 Å². The molecule has 1 aromatic heterocycles. The van der Waals surface area contributed by atoms with E-state index in [0.717, 1.165) is 22.0 Å². The van der Waals surface area contributed by atoms with Crippen molar-refractivity contribution in [2.75, 3.05) is 7.11 Å². The number of benzene rings is 2. The molecule has 5 heteroatoms. The van der Waals surface area contributed by atoms with E-state index >= 15 is 0 Å². The maximum Gasteiger partial charge on any atom is 0.514 e. The highest BCUT2D eigenvalue weighted by atomic mass is 16.7. The standard InChI is InChI=1S/C17H16N2O3/c1-11-6-4-7-12(10-11)13-8-5-9-14-15(13)18-19(2)16(14)22-17(20)21-3/h4-10H,1-3H3. The van der Waals surface area contributed by atoms with E-state index in [0.29, 0.717) is 5.88 Å². The SMILES string of the molecule is COC(=O)Oc1c2cccc(-c3cccc(C)c3)c2nn1C. The first-order chi connectivity index (χ1) is 10.6. The van der Waals surface area contributed by atoms with Crippen molar-refractivity contribution in [2.45, 2.75) is 6.92 Å². The molecule has 0 aliphatic rings. The number of carbonyl (C=O) groups excluding carboxylic acids is 1. The minimum absolute atomic E-state index is 0.372. The molecule has 0 bridgehead atoms. The lowest BCUT2D eigenvalue weighted by Crippen LogP contribution is -2.10. The van der Waals surface area contributed by atoms with Crippen molar-refractivity contribution in [2.24, 2.45) is 7.05 Å². The van der Waals surface area contributed by atoms with Crippen LogP contribution < -0.4 is 4.74 Å². The van der Waals surface area contributed by atoms with E-state index in [1.165, 1.54) is 12.7 Å². The second-order valence-electron chi connectivity index (χ2n) is 5.06. The number of rotatable bonds is 2. The molecule has 0 spiro atoms. The minimum Gasteiger partial charge on any atom is -0.437 e. The van der Waals surface area contributed by atoms with Gasteiger partial charge in [0.2, 0.25) is 5.88 Å². The summed E-state index contributed by atoms with van der Waals surface area (Å²) in [6.07, 6.45) is -0.758. The number of hydrogen-bond donors (Lipinski definition) is 0. The summed E-state index contributed by atoms with van der Waals surface area (Å²) in [7, 11) is 3.01. The van der Waals surface area contributed by atoms with Crippen molar-refractivity contribution < 1.29 is 14.3 Å². The molecule has 5 nitrogen and oxygen atoms in total. The molecule has 0 saturated carbocycles. The quantitative estimate of drug-likeness (QED) is 0.677. The molecule has 1 heterocycles. The summed E-state index contributed by atoms with van der Waals surface area (Å²) in [6.45, 7) is 2.05. The Morgan fingerprint density at radius 3 is 2.68 bits per heavy atom. The summed E-state index contributed by atoms with van der Waals surface area (Å²) in [5.41, 5.74) is 4.04. The van der Waals surface area contributed by atoms with Crippen LogP contribution in [0.4, 0.5) is 4.79 Å². The van der Waals surface area contributed by atoms with Crippen LogP contribution in [0.1, 0.15) is 5.56 Å². The van der Waals surface area contributed by atoms with Gasteiger partial charge < -0.3 is 9.47 Å². The maximum absolute atomic E-state index is 11.4. The molecule has 0 aliphatic heterocycles. The Bertz CT molecular complexity index is 852. The zero-order valence-electron chi connectivity index (χ0n) is 12.7. The van der Waals surface area contributed by atoms with Crippen molar-refractivity contribution >= 4 is 17.1 Å². The Morgan fingerprint density at radius 2 is 1.95 bits per heavy atom. The lowest BCUT2D eigenvalue weighted by Gasteiger charge is -2.04. The van der Waals surface area contributed by atoms with Gasteiger partial charge in [0.1, 0.15) is 5.52 Å². The molecule has 2 aromatic carbocycles. The molecular weight excluding hydrogens is 280 g/mol. The molecule has 0 saturated heterocycles. The van der Waals surface area contributed by atoms with Crippen LogP contribution in [0, 0.1) is 6.92 Å². The first kappa shape index (κ1) is 14.1. The fourth-order valence-corrected chi connectivity index (χ4v) is 2.48. The highest BCUT2D eigenvalue weighted by Gasteiger charge is 2.17. The third-order valence-electron chi connectivity index (χ3n) is 3.49. The molecule has 0 unspecified atom stereocenters. The number of ether oxygens (including phenoxy) is 2. The summed E-state index contributed by atoms with van der Waals surface area (Å²) >= 11 is 0. The van der Waals surface area contributed by atoms with E-state index in [1.807, 2.05) is 43.3 Å². The Labute approximate surface area is 128 Å². The number of aryl methyl sites for hydroxylation is 2. The molecule has 3 rings (SSSR count). The number of methoxy groups -OCH3 is 1. The highest BCUT2D eigenvalue weighted by molar-refractivity contribution is 5.97. The average molecular weight is 296 g/mol. The van der Waals surface area contributed by atoms with Crippen LogP contribution in [-0.2, 0) is 11.8 Å². The third-order valence-corrected chi connectivity index (χ3v) is 3.49. The smallest absolute Gasteiger partial charge is 0.437 e. The molecule has 0 N–H and O–H groups in total. The number of fused-ring (bicyclic) bond motifs is 1. The van der Waals surface area contributed by atoms with Gasteiger partial charge in [-0.25, -0.2) is 9.48 Å². The van der Waals surface area contributed by atoms with Crippen molar-refractivity contribution in [3.63, 3.8) is 0 Å². The summed E-state index contributed by atoms with van der Waals surface area (Å²) < 4.78 is 11.3. The van der Waals surface area contributed by atoms with Gasteiger partial charge in [0.15, 0.2) is 0 Å². The summed E-state index contributed by atoms with van der Waals surface area (Å²) in [5.74, 6) is 0.372. The molecule has 0 aliphatic carbocycles. The Balaban J connectivity index is 2.18. The molecule has 22 heavy (non-hydrogen) atoms. The van der Waals surface area contributed by atoms with Crippen molar-refractivity contribution in [1.82, 2.24) is 9.78 Å². The number of nitrogens with zero attached hydrogens (tertiary/aromatic N) is 2. The van der Waals surface area contributed by atoms with Gasteiger partial charge in [-0.05, 0) is 18.6 Å². The molecule has 0 radical (unpaired) electrons. The summed E-state index contributed by atoms with van der Waals surface area (Å²) in [4.78, 5) is 11.4. The fourth-order valence-electron chi connectivity index (χ4n) is 2.48. The van der Waals surface area contributed by atoms with Crippen LogP contribution in [0.5, 0.6) is 5.88 Å². The van der Waals surface area contributed by atoms with E-state index in [4.69, 9.17) is 4.74 Å². The molecule has 0 fully saturated rings. The van der Waals surface area contributed by atoms with Crippen LogP contribution >= 0.6 is 0 Å². The predicted octanol–water partition coefficient (Wildman–Crippen LogP) is 3.69. The van der Waals surface area contributed by atoms with Gasteiger partial charge in [0.25, 0.3) is 0 Å². The number of aromatic nitrogens is 2. The number of carbonyl (C=O) groups is 1. The zero-order valence-corrected chi connectivity index (χ0v) is 12.7. The zero-order chi connectivity index (χ0) is 15.7. The molecular formula is C17H16N2O3. The largest absolute Gasteiger partial charge is 0.514 e. The Morgan fingerprint density at radius 1 is 1.18 bits per heavy atom. The van der Waals surface area contributed by atoms with Crippen molar-refractivity contribution in [1.29, 1.82) is 0 Å². The highest BCUT2D eigenvalue weighted by Crippen LogP contribution is 2.33. The first-order valence-electron chi connectivity index (χ1n) is 6.88. The maximum atomic E-state index is 11.4. The third kappa shape index (κ3) is 2.41. The topological polar surface area (TPSA) is 53.4 Å². The average Bonchev–Trinajstić information content (AvgIpc) is 2.83. The van der Waals surface area contributed by atoms with E-state index in [9.17, 15) is 4.79 Å². The van der Waals surface area contributed by atoms with Gasteiger partial charge in [0.05, 0.1) is 12.5 Å². The fraction of sp³-hybridized carbons (Fsp3) is 0.176. The lowest BCUT2D eigenvalue weighted by atomic mass is 10.0. The Kier molecular flexibility index (Phi) is 3.55. The van der Waals surface area contributed by atoms with Gasteiger partial charge in [-0.1, -0.05) is 42.0 Å². The second-order valence-corrected chi connectivity index (χ2v) is 5.06. The van der Waals surface area contributed by atoms with Crippen molar-refractivity contribution in [3.8, 4) is 17.0 Å². The van der Waals surface area contributed by atoms with E-state index in [-0.39, 0.29) is 0 Å². The molecule has 112 valence electrons. The van der Waals surface area contributed by atoms with E-state index < -0.39 is 6.16 Å².